The molecule has 2 aliphatic rings. The average molecular weight is 352 g/mol. The van der Waals surface area contributed by atoms with Crippen molar-refractivity contribution in [2.45, 2.75) is 65.2 Å². The summed E-state index contributed by atoms with van der Waals surface area (Å²) in [5, 5.41) is 9.43. The van der Waals surface area contributed by atoms with Gasteiger partial charge in [-0.2, -0.15) is 8.78 Å². The molecule has 3 rings (SSSR count). The van der Waals surface area contributed by atoms with Gasteiger partial charge in [-0.25, -0.2) is 0 Å². The SMILES string of the molecule is Cc1cc(OCC2CCC(C3CCC(C)CC3)CC2)c(F)c(F)c1O. The van der Waals surface area contributed by atoms with Gasteiger partial charge in [-0.1, -0.05) is 19.8 Å². The Bertz CT molecular complexity index is 586. The van der Waals surface area contributed by atoms with Gasteiger partial charge in [0.1, 0.15) is 0 Å². The second-order valence-corrected chi connectivity index (χ2v) is 8.28. The summed E-state index contributed by atoms with van der Waals surface area (Å²) in [6, 6.07) is 1.38. The molecule has 0 aromatic heterocycles. The van der Waals surface area contributed by atoms with Crippen LogP contribution < -0.4 is 4.74 Å². The summed E-state index contributed by atoms with van der Waals surface area (Å²) in [4.78, 5) is 0. The summed E-state index contributed by atoms with van der Waals surface area (Å²) in [5.41, 5.74) is 0.295. The Morgan fingerprint density at radius 2 is 1.52 bits per heavy atom. The summed E-state index contributed by atoms with van der Waals surface area (Å²) in [5.74, 6) is 0.0142. The third-order valence-electron chi connectivity index (χ3n) is 6.43. The normalized spacial score (nSPS) is 30.2. The number of aromatic hydroxyl groups is 1. The summed E-state index contributed by atoms with van der Waals surface area (Å²) in [6.45, 7) is 4.33. The second kappa shape index (κ2) is 7.92. The Balaban J connectivity index is 1.48. The molecule has 2 aliphatic carbocycles. The number of hydrogen-bond donors (Lipinski definition) is 1. The summed E-state index contributed by atoms with van der Waals surface area (Å²) >= 11 is 0. The van der Waals surface area contributed by atoms with Crippen LogP contribution >= 0.6 is 0 Å². The van der Waals surface area contributed by atoms with Crippen LogP contribution in [0.2, 0.25) is 0 Å². The lowest BCUT2D eigenvalue weighted by atomic mass is 9.69. The van der Waals surface area contributed by atoms with Crippen molar-refractivity contribution in [1.29, 1.82) is 0 Å². The highest BCUT2D eigenvalue weighted by molar-refractivity contribution is 5.41. The number of halogens is 2. The van der Waals surface area contributed by atoms with Gasteiger partial charge in [-0.05, 0) is 80.8 Å². The molecule has 1 aromatic rings. The number of ether oxygens (including phenoxy) is 1. The van der Waals surface area contributed by atoms with E-state index in [0.29, 0.717) is 18.1 Å². The first-order valence-electron chi connectivity index (χ1n) is 9.76. The lowest BCUT2D eigenvalue weighted by molar-refractivity contribution is 0.124. The highest BCUT2D eigenvalue weighted by atomic mass is 19.2. The van der Waals surface area contributed by atoms with Crippen molar-refractivity contribution in [3.63, 3.8) is 0 Å². The number of phenolic OH excluding ortho intramolecular Hbond substituents is 1. The molecule has 0 unspecified atom stereocenters. The predicted molar refractivity (Wildman–Crippen MR) is 94.8 cm³/mol. The fourth-order valence-corrected chi connectivity index (χ4v) is 4.61. The minimum absolute atomic E-state index is 0.0869. The molecule has 25 heavy (non-hydrogen) atoms. The molecule has 0 aliphatic heterocycles. The first-order valence-corrected chi connectivity index (χ1v) is 9.76. The molecule has 2 nitrogen and oxygen atoms in total. The maximum absolute atomic E-state index is 13.9. The van der Waals surface area contributed by atoms with E-state index in [1.165, 1.54) is 44.6 Å². The van der Waals surface area contributed by atoms with Gasteiger partial charge in [-0.15, -0.1) is 0 Å². The van der Waals surface area contributed by atoms with Gasteiger partial charge in [0.25, 0.3) is 0 Å². The topological polar surface area (TPSA) is 29.5 Å². The summed E-state index contributed by atoms with van der Waals surface area (Å²) in [6.07, 6.45) is 10.2. The van der Waals surface area contributed by atoms with Gasteiger partial charge in [0.05, 0.1) is 6.61 Å². The van der Waals surface area contributed by atoms with E-state index < -0.39 is 17.4 Å². The smallest absolute Gasteiger partial charge is 0.204 e. The van der Waals surface area contributed by atoms with Crippen LogP contribution in [-0.4, -0.2) is 11.7 Å². The maximum Gasteiger partial charge on any atom is 0.204 e. The third kappa shape index (κ3) is 4.27. The van der Waals surface area contributed by atoms with E-state index in [9.17, 15) is 13.9 Å². The molecule has 0 bridgehead atoms. The zero-order valence-electron chi connectivity index (χ0n) is 15.4. The fraction of sp³-hybridized carbons (Fsp3) is 0.714. The zero-order valence-corrected chi connectivity index (χ0v) is 15.4. The van der Waals surface area contributed by atoms with Crippen molar-refractivity contribution in [3.05, 3.63) is 23.3 Å². The van der Waals surface area contributed by atoms with Gasteiger partial charge >= 0.3 is 0 Å². The lowest BCUT2D eigenvalue weighted by Gasteiger charge is -2.37. The monoisotopic (exact) mass is 352 g/mol. The average Bonchev–Trinajstić information content (AvgIpc) is 2.63. The van der Waals surface area contributed by atoms with E-state index in [0.717, 1.165) is 30.6 Å². The van der Waals surface area contributed by atoms with Crippen molar-refractivity contribution < 1.29 is 18.6 Å². The largest absolute Gasteiger partial charge is 0.505 e. The van der Waals surface area contributed by atoms with Crippen molar-refractivity contribution in [2.24, 2.45) is 23.7 Å². The zero-order chi connectivity index (χ0) is 18.0. The number of rotatable bonds is 4. The van der Waals surface area contributed by atoms with Gasteiger partial charge in [0, 0.05) is 0 Å². The van der Waals surface area contributed by atoms with Crippen molar-refractivity contribution in [1.82, 2.24) is 0 Å². The van der Waals surface area contributed by atoms with Gasteiger partial charge in [0.15, 0.2) is 11.5 Å². The number of aryl methyl sites for hydroxylation is 1. The Morgan fingerprint density at radius 1 is 0.960 bits per heavy atom. The van der Waals surface area contributed by atoms with Gasteiger partial charge in [0.2, 0.25) is 11.6 Å². The van der Waals surface area contributed by atoms with Crippen LogP contribution in [0.15, 0.2) is 6.07 Å². The molecular formula is C21H30F2O2. The Kier molecular flexibility index (Phi) is 5.85. The standard InChI is InChI=1S/C21H30F2O2/c1-13-3-7-16(8-4-13)17-9-5-15(6-10-17)12-25-18-11-14(2)21(24)20(23)19(18)22/h11,13,15-17,24H,3-10,12H2,1-2H3. The summed E-state index contributed by atoms with van der Waals surface area (Å²) < 4.78 is 33.0. The molecule has 140 valence electrons. The maximum atomic E-state index is 13.9. The van der Waals surface area contributed by atoms with Gasteiger partial charge in [-0.3, -0.25) is 0 Å². The lowest BCUT2D eigenvalue weighted by Crippen LogP contribution is -2.27. The van der Waals surface area contributed by atoms with Crippen molar-refractivity contribution in [3.8, 4) is 11.5 Å². The molecule has 1 aromatic carbocycles. The van der Waals surface area contributed by atoms with Crippen LogP contribution in [0.5, 0.6) is 11.5 Å². The third-order valence-corrected chi connectivity index (χ3v) is 6.43. The minimum atomic E-state index is -1.22. The van der Waals surface area contributed by atoms with Crippen LogP contribution in [0.4, 0.5) is 8.78 Å². The molecular weight excluding hydrogens is 322 g/mol. The first-order chi connectivity index (χ1) is 12.0. The number of benzene rings is 1. The number of hydrogen-bond acceptors (Lipinski definition) is 2. The predicted octanol–water partition coefficient (Wildman–Crippen LogP) is 5.99. The molecule has 2 saturated carbocycles. The second-order valence-electron chi connectivity index (χ2n) is 8.28. The Morgan fingerprint density at radius 3 is 2.12 bits per heavy atom. The quantitative estimate of drug-likeness (QED) is 0.721. The Labute approximate surface area is 149 Å². The molecule has 0 radical (unpaired) electrons. The first kappa shape index (κ1) is 18.5. The van der Waals surface area contributed by atoms with Crippen molar-refractivity contribution >= 4 is 0 Å². The van der Waals surface area contributed by atoms with Gasteiger partial charge < -0.3 is 9.84 Å². The highest BCUT2D eigenvalue weighted by Crippen LogP contribution is 2.41. The molecule has 4 heteroatoms. The van der Waals surface area contributed by atoms with E-state index in [1.54, 1.807) is 6.92 Å². The van der Waals surface area contributed by atoms with E-state index >= 15 is 0 Å². The Hall–Kier alpha value is -1.32. The molecule has 0 amide bonds. The van der Waals surface area contributed by atoms with E-state index in [1.807, 2.05) is 0 Å². The fourth-order valence-electron chi connectivity index (χ4n) is 4.61. The van der Waals surface area contributed by atoms with Crippen LogP contribution in [0, 0.1) is 42.2 Å². The highest BCUT2D eigenvalue weighted by Gasteiger charge is 2.30. The van der Waals surface area contributed by atoms with E-state index in [-0.39, 0.29) is 5.75 Å². The number of phenols is 1. The van der Waals surface area contributed by atoms with Crippen LogP contribution in [0.3, 0.4) is 0 Å². The molecule has 1 N–H and O–H groups in total. The van der Waals surface area contributed by atoms with Crippen LogP contribution in [-0.2, 0) is 0 Å². The van der Waals surface area contributed by atoms with Crippen molar-refractivity contribution in [2.75, 3.05) is 6.61 Å². The molecule has 0 atom stereocenters. The molecule has 0 spiro atoms. The molecule has 0 heterocycles. The molecule has 2 fully saturated rings. The minimum Gasteiger partial charge on any atom is -0.505 e. The van der Waals surface area contributed by atoms with Crippen LogP contribution in [0.25, 0.3) is 0 Å². The van der Waals surface area contributed by atoms with E-state index in [2.05, 4.69) is 6.92 Å². The van der Waals surface area contributed by atoms with Crippen LogP contribution in [0.1, 0.15) is 63.9 Å². The van der Waals surface area contributed by atoms with E-state index in [4.69, 9.17) is 4.74 Å². The summed E-state index contributed by atoms with van der Waals surface area (Å²) in [7, 11) is 0. The molecule has 0 saturated heterocycles.